The second kappa shape index (κ2) is 10.9. The van der Waals surface area contributed by atoms with E-state index in [0.29, 0.717) is 11.3 Å². The van der Waals surface area contributed by atoms with Crippen LogP contribution in [0.15, 0.2) is 78.9 Å². The number of amides is 1. The zero-order valence-corrected chi connectivity index (χ0v) is 19.5. The molecule has 1 saturated heterocycles. The van der Waals surface area contributed by atoms with E-state index in [1.807, 2.05) is 12.1 Å². The van der Waals surface area contributed by atoms with Crippen LogP contribution in [-0.2, 0) is 6.54 Å². The van der Waals surface area contributed by atoms with Gasteiger partial charge in [-0.1, -0.05) is 30.3 Å². The topological polar surface area (TPSA) is 58.0 Å². The molecule has 0 saturated carbocycles. The van der Waals surface area contributed by atoms with E-state index in [9.17, 15) is 4.79 Å². The molecule has 1 fully saturated rings. The molecule has 0 atom stereocenters. The van der Waals surface area contributed by atoms with Gasteiger partial charge in [0.1, 0.15) is 12.3 Å². The van der Waals surface area contributed by atoms with Crippen LogP contribution in [0.25, 0.3) is 0 Å². The van der Waals surface area contributed by atoms with Gasteiger partial charge in [0.15, 0.2) is 5.11 Å². The maximum Gasteiger partial charge on any atom is 0.257 e. The van der Waals surface area contributed by atoms with Crippen LogP contribution in [0, 0.1) is 0 Å². The Labute approximate surface area is 200 Å². The van der Waals surface area contributed by atoms with Gasteiger partial charge < -0.3 is 19.9 Å². The number of rotatable bonds is 6. The molecule has 0 bridgehead atoms. The molecule has 1 amide bonds. The molecule has 1 heterocycles. The average molecular weight is 462 g/mol. The lowest BCUT2D eigenvalue weighted by atomic mass is 10.2. The van der Waals surface area contributed by atoms with Crippen molar-refractivity contribution in [1.82, 2.24) is 5.32 Å². The Bertz CT molecular complexity index is 1060. The quantitative estimate of drug-likeness (QED) is 0.493. The summed E-state index contributed by atoms with van der Waals surface area (Å²) in [6.07, 6.45) is 0. The summed E-state index contributed by atoms with van der Waals surface area (Å²) < 4.78 is 5.12. The average Bonchev–Trinajstić information content (AvgIpc) is 2.85. The number of methoxy groups -OCH3 is 1. The van der Waals surface area contributed by atoms with Crippen molar-refractivity contribution in [3.63, 3.8) is 0 Å². The highest BCUT2D eigenvalue weighted by Crippen LogP contribution is 2.18. The first-order chi connectivity index (χ1) is 16.1. The first kappa shape index (κ1) is 22.8. The van der Waals surface area contributed by atoms with Crippen LogP contribution in [0.1, 0.15) is 15.9 Å². The summed E-state index contributed by atoms with van der Waals surface area (Å²) in [6.45, 7) is 5.39. The van der Waals surface area contributed by atoms with Crippen molar-refractivity contribution >= 4 is 34.6 Å². The molecule has 7 heteroatoms. The summed E-state index contributed by atoms with van der Waals surface area (Å²) in [5.74, 6) is 0.439. The summed E-state index contributed by atoms with van der Waals surface area (Å²) in [7, 11) is 1.59. The standard InChI is InChI=1S/C26H28N4O2S/c1-32-24-13-7-21(8-14-24)25(31)28-26(33)27-22-9-11-23(12-10-22)30-17-15-29(16-18-30)19-20-5-3-2-4-6-20/h2-14H,15-19H2,1H3,(H2,27,28,31,33)/p+1. The number of hydrogen-bond donors (Lipinski definition) is 3. The van der Waals surface area contributed by atoms with Crippen LogP contribution in [0.4, 0.5) is 11.4 Å². The van der Waals surface area contributed by atoms with E-state index >= 15 is 0 Å². The zero-order chi connectivity index (χ0) is 23.0. The number of benzene rings is 3. The number of thiocarbonyl (C=S) groups is 1. The minimum Gasteiger partial charge on any atom is -0.497 e. The Hall–Kier alpha value is -3.42. The fourth-order valence-electron chi connectivity index (χ4n) is 3.98. The first-order valence-electron chi connectivity index (χ1n) is 11.1. The number of hydrogen-bond acceptors (Lipinski definition) is 4. The lowest BCUT2D eigenvalue weighted by Gasteiger charge is -2.33. The molecular weight excluding hydrogens is 432 g/mol. The normalized spacial score (nSPS) is 13.9. The second-order valence-electron chi connectivity index (χ2n) is 8.08. The van der Waals surface area contributed by atoms with Gasteiger partial charge in [-0.2, -0.15) is 0 Å². The van der Waals surface area contributed by atoms with E-state index in [1.165, 1.54) is 11.3 Å². The second-order valence-corrected chi connectivity index (χ2v) is 8.49. The Balaban J connectivity index is 1.25. The smallest absolute Gasteiger partial charge is 0.257 e. The van der Waals surface area contributed by atoms with Crippen molar-refractivity contribution in [1.29, 1.82) is 0 Å². The van der Waals surface area contributed by atoms with Crippen molar-refractivity contribution in [2.24, 2.45) is 0 Å². The fourth-order valence-corrected chi connectivity index (χ4v) is 4.19. The van der Waals surface area contributed by atoms with Crippen LogP contribution in [0.5, 0.6) is 5.75 Å². The minimum atomic E-state index is -0.261. The molecule has 4 rings (SSSR count). The summed E-state index contributed by atoms with van der Waals surface area (Å²) in [4.78, 5) is 16.4. The molecule has 3 aromatic carbocycles. The van der Waals surface area contributed by atoms with Crippen LogP contribution in [-0.4, -0.2) is 44.3 Å². The summed E-state index contributed by atoms with van der Waals surface area (Å²) >= 11 is 5.30. The predicted octanol–water partition coefficient (Wildman–Crippen LogP) is 2.73. The highest BCUT2D eigenvalue weighted by atomic mass is 32.1. The van der Waals surface area contributed by atoms with Gasteiger partial charge in [-0.05, 0) is 60.7 Å². The Kier molecular flexibility index (Phi) is 7.55. The molecular formula is C26H29N4O2S+. The van der Waals surface area contributed by atoms with Crippen molar-refractivity contribution in [3.05, 3.63) is 90.0 Å². The Morgan fingerprint density at radius 2 is 1.64 bits per heavy atom. The highest BCUT2D eigenvalue weighted by molar-refractivity contribution is 7.80. The van der Waals surface area contributed by atoms with Gasteiger partial charge >= 0.3 is 0 Å². The monoisotopic (exact) mass is 461 g/mol. The molecule has 0 unspecified atom stereocenters. The van der Waals surface area contributed by atoms with E-state index in [4.69, 9.17) is 17.0 Å². The maximum absolute atomic E-state index is 12.4. The molecule has 1 aliphatic rings. The third kappa shape index (κ3) is 6.31. The molecule has 0 aromatic heterocycles. The lowest BCUT2D eigenvalue weighted by molar-refractivity contribution is -0.914. The maximum atomic E-state index is 12.4. The summed E-state index contributed by atoms with van der Waals surface area (Å²) in [5, 5.41) is 6.06. The first-order valence-corrected chi connectivity index (χ1v) is 11.5. The van der Waals surface area contributed by atoms with E-state index in [2.05, 4.69) is 58.0 Å². The molecule has 0 spiro atoms. The molecule has 170 valence electrons. The summed E-state index contributed by atoms with van der Waals surface area (Å²) in [6, 6.07) is 25.7. The number of piperazine rings is 1. The lowest BCUT2D eigenvalue weighted by Crippen LogP contribution is -3.13. The molecule has 0 aliphatic carbocycles. The Morgan fingerprint density at radius 1 is 0.970 bits per heavy atom. The third-order valence-electron chi connectivity index (χ3n) is 5.84. The van der Waals surface area contributed by atoms with Gasteiger partial charge in [0, 0.05) is 22.5 Å². The third-order valence-corrected chi connectivity index (χ3v) is 6.04. The number of anilines is 2. The van der Waals surface area contributed by atoms with Crippen molar-refractivity contribution in [2.45, 2.75) is 6.54 Å². The van der Waals surface area contributed by atoms with Gasteiger partial charge in [0.2, 0.25) is 0 Å². The number of quaternary nitrogens is 1. The van der Waals surface area contributed by atoms with Gasteiger partial charge in [0.05, 0.1) is 33.3 Å². The van der Waals surface area contributed by atoms with Crippen molar-refractivity contribution in [2.75, 3.05) is 43.5 Å². The number of ether oxygens (including phenoxy) is 1. The number of nitrogens with one attached hydrogen (secondary N) is 3. The minimum absolute atomic E-state index is 0.261. The van der Waals surface area contributed by atoms with E-state index in [0.717, 1.165) is 38.4 Å². The molecule has 3 N–H and O–H groups in total. The van der Waals surface area contributed by atoms with Gasteiger partial charge in [-0.15, -0.1) is 0 Å². The fraction of sp³-hybridized carbons (Fsp3) is 0.231. The SMILES string of the molecule is COc1ccc(C(=O)NC(=S)Nc2ccc(N3CC[NH+](Cc4ccccc4)CC3)cc2)cc1. The number of carbonyl (C=O) groups excluding carboxylic acids is 1. The van der Waals surface area contributed by atoms with Crippen LogP contribution in [0.3, 0.4) is 0 Å². The van der Waals surface area contributed by atoms with Crippen molar-refractivity contribution < 1.29 is 14.4 Å². The highest BCUT2D eigenvalue weighted by Gasteiger charge is 2.20. The number of carbonyl (C=O) groups is 1. The van der Waals surface area contributed by atoms with E-state index in [1.54, 1.807) is 36.3 Å². The largest absolute Gasteiger partial charge is 0.497 e. The molecule has 0 radical (unpaired) electrons. The molecule has 33 heavy (non-hydrogen) atoms. The van der Waals surface area contributed by atoms with Crippen LogP contribution < -0.4 is 25.2 Å². The van der Waals surface area contributed by atoms with Gasteiger partial charge in [0.25, 0.3) is 5.91 Å². The van der Waals surface area contributed by atoms with E-state index < -0.39 is 0 Å². The van der Waals surface area contributed by atoms with Crippen LogP contribution in [0.2, 0.25) is 0 Å². The number of nitrogens with zero attached hydrogens (tertiary/aromatic N) is 1. The zero-order valence-electron chi connectivity index (χ0n) is 18.7. The van der Waals surface area contributed by atoms with E-state index in [-0.39, 0.29) is 11.0 Å². The Morgan fingerprint density at radius 3 is 2.27 bits per heavy atom. The predicted molar refractivity (Wildman–Crippen MR) is 136 cm³/mol. The molecule has 6 nitrogen and oxygen atoms in total. The summed E-state index contributed by atoms with van der Waals surface area (Å²) in [5.41, 5.74) is 3.95. The van der Waals surface area contributed by atoms with Crippen LogP contribution >= 0.6 is 12.2 Å². The van der Waals surface area contributed by atoms with Gasteiger partial charge in [-0.3, -0.25) is 10.1 Å². The van der Waals surface area contributed by atoms with Crippen molar-refractivity contribution in [3.8, 4) is 5.75 Å². The molecule has 3 aromatic rings. The van der Waals surface area contributed by atoms with Gasteiger partial charge in [-0.25, -0.2) is 0 Å². The molecule has 1 aliphatic heterocycles.